The van der Waals surface area contributed by atoms with Crippen LogP contribution in [0.1, 0.15) is 52.4 Å². The summed E-state index contributed by atoms with van der Waals surface area (Å²) in [4.78, 5) is 13.8. The number of carbonyl (C=O) groups is 1. The number of unbranched alkanes of at least 4 members (excludes halogenated alkanes) is 1. The molecule has 1 atom stereocenters. The lowest BCUT2D eigenvalue weighted by atomic mass is 9.81. The lowest BCUT2D eigenvalue weighted by molar-refractivity contribution is -0.144. The number of piperidine rings is 1. The van der Waals surface area contributed by atoms with Gasteiger partial charge in [-0.25, -0.2) is 0 Å². The Bertz CT molecular complexity index is 222. The van der Waals surface area contributed by atoms with Crippen LogP contribution in [0.5, 0.6) is 0 Å². The Morgan fingerprint density at radius 3 is 2.41 bits per heavy atom. The number of likely N-dealkylation sites (tertiary alicyclic amines) is 1. The van der Waals surface area contributed by atoms with Crippen molar-refractivity contribution in [3.05, 3.63) is 0 Å². The second-order valence-electron chi connectivity index (χ2n) is 5.27. The van der Waals surface area contributed by atoms with Crippen molar-refractivity contribution in [2.75, 3.05) is 19.6 Å². The van der Waals surface area contributed by atoms with E-state index in [1.165, 1.54) is 13.0 Å². The Labute approximate surface area is 105 Å². The van der Waals surface area contributed by atoms with Gasteiger partial charge in [-0.1, -0.05) is 26.7 Å². The lowest BCUT2D eigenvalue weighted by Crippen LogP contribution is -2.38. The first-order valence-electron chi connectivity index (χ1n) is 7.14. The lowest BCUT2D eigenvalue weighted by Gasteiger charge is -2.34. The van der Waals surface area contributed by atoms with Crippen molar-refractivity contribution in [2.24, 2.45) is 11.8 Å². The van der Waals surface area contributed by atoms with Gasteiger partial charge in [0.15, 0.2) is 0 Å². The Morgan fingerprint density at radius 2 is 1.94 bits per heavy atom. The van der Waals surface area contributed by atoms with Gasteiger partial charge in [0, 0.05) is 0 Å². The highest BCUT2D eigenvalue weighted by Gasteiger charge is 2.30. The average Bonchev–Trinajstić information content (AvgIpc) is 2.31. The Balaban J connectivity index is 2.40. The molecule has 0 aliphatic carbocycles. The fourth-order valence-electron chi connectivity index (χ4n) is 2.88. The molecule has 3 nitrogen and oxygen atoms in total. The number of carboxylic acids is 1. The summed E-state index contributed by atoms with van der Waals surface area (Å²) in [6.45, 7) is 7.68. The van der Waals surface area contributed by atoms with E-state index in [0.717, 1.165) is 45.2 Å². The molecule has 100 valence electrons. The van der Waals surface area contributed by atoms with E-state index in [2.05, 4.69) is 18.7 Å². The maximum Gasteiger partial charge on any atom is 0.306 e. The van der Waals surface area contributed by atoms with E-state index in [1.807, 2.05) is 0 Å². The Hall–Kier alpha value is -0.570. The largest absolute Gasteiger partial charge is 0.481 e. The van der Waals surface area contributed by atoms with E-state index >= 15 is 0 Å². The molecule has 1 rings (SSSR count). The Kier molecular flexibility index (Phi) is 6.56. The third kappa shape index (κ3) is 4.66. The minimum atomic E-state index is -0.576. The number of aliphatic carboxylic acids is 1. The summed E-state index contributed by atoms with van der Waals surface area (Å²) in [5, 5.41) is 9.31. The number of hydrogen-bond acceptors (Lipinski definition) is 2. The minimum absolute atomic E-state index is 0.0984. The second kappa shape index (κ2) is 7.70. The van der Waals surface area contributed by atoms with Crippen molar-refractivity contribution in [3.63, 3.8) is 0 Å². The highest BCUT2D eigenvalue weighted by molar-refractivity contribution is 5.70. The fourth-order valence-corrected chi connectivity index (χ4v) is 2.88. The van der Waals surface area contributed by atoms with Crippen LogP contribution in [-0.4, -0.2) is 35.6 Å². The first-order chi connectivity index (χ1) is 8.19. The molecule has 0 aromatic rings. The SMILES string of the molecule is CCCCC(C(=O)O)C1CCN(CCC)CC1. The molecule has 0 aromatic heterocycles. The molecule has 0 saturated carbocycles. The van der Waals surface area contributed by atoms with Crippen LogP contribution in [0, 0.1) is 11.8 Å². The van der Waals surface area contributed by atoms with Crippen LogP contribution in [0.3, 0.4) is 0 Å². The molecule has 1 fully saturated rings. The normalized spacial score (nSPS) is 20.4. The molecular formula is C14H27NO2. The molecule has 0 amide bonds. The molecule has 0 bridgehead atoms. The molecule has 1 aliphatic heterocycles. The summed E-state index contributed by atoms with van der Waals surface area (Å²) in [6.07, 6.45) is 6.35. The summed E-state index contributed by atoms with van der Waals surface area (Å²) in [6, 6.07) is 0. The van der Waals surface area contributed by atoms with Gasteiger partial charge in [0.05, 0.1) is 5.92 Å². The van der Waals surface area contributed by atoms with E-state index in [0.29, 0.717) is 5.92 Å². The van der Waals surface area contributed by atoms with Crippen LogP contribution in [0.15, 0.2) is 0 Å². The second-order valence-corrected chi connectivity index (χ2v) is 5.27. The summed E-state index contributed by atoms with van der Waals surface area (Å²) in [5.41, 5.74) is 0. The molecule has 1 aliphatic rings. The summed E-state index contributed by atoms with van der Waals surface area (Å²) < 4.78 is 0. The van der Waals surface area contributed by atoms with Crippen LogP contribution in [-0.2, 0) is 4.79 Å². The molecule has 1 unspecified atom stereocenters. The van der Waals surface area contributed by atoms with Gasteiger partial charge in [-0.2, -0.15) is 0 Å². The van der Waals surface area contributed by atoms with Gasteiger partial charge in [0.25, 0.3) is 0 Å². The predicted octanol–water partition coefficient (Wildman–Crippen LogP) is 3.00. The third-order valence-electron chi connectivity index (χ3n) is 3.93. The number of hydrogen-bond donors (Lipinski definition) is 1. The van der Waals surface area contributed by atoms with Crippen LogP contribution < -0.4 is 0 Å². The smallest absolute Gasteiger partial charge is 0.306 e. The zero-order valence-electron chi connectivity index (χ0n) is 11.3. The standard InChI is InChI=1S/C14H27NO2/c1-3-5-6-13(14(16)17)12-7-10-15(9-4-2)11-8-12/h12-13H,3-11H2,1-2H3,(H,16,17). The summed E-state index contributed by atoms with van der Waals surface area (Å²) in [5.74, 6) is -0.265. The maximum absolute atomic E-state index is 11.3. The van der Waals surface area contributed by atoms with Crippen LogP contribution >= 0.6 is 0 Å². The van der Waals surface area contributed by atoms with Crippen LogP contribution in [0.4, 0.5) is 0 Å². The predicted molar refractivity (Wildman–Crippen MR) is 70.1 cm³/mol. The van der Waals surface area contributed by atoms with Gasteiger partial charge in [0.1, 0.15) is 0 Å². The fraction of sp³-hybridized carbons (Fsp3) is 0.929. The van der Waals surface area contributed by atoms with Gasteiger partial charge in [0.2, 0.25) is 0 Å². The molecule has 17 heavy (non-hydrogen) atoms. The van der Waals surface area contributed by atoms with Gasteiger partial charge in [-0.05, 0) is 51.2 Å². The maximum atomic E-state index is 11.3. The molecule has 3 heteroatoms. The minimum Gasteiger partial charge on any atom is -0.481 e. The van der Waals surface area contributed by atoms with E-state index < -0.39 is 5.97 Å². The molecular weight excluding hydrogens is 214 g/mol. The molecule has 1 heterocycles. The Morgan fingerprint density at radius 1 is 1.29 bits per heavy atom. The molecule has 1 saturated heterocycles. The summed E-state index contributed by atoms with van der Waals surface area (Å²) >= 11 is 0. The van der Waals surface area contributed by atoms with Gasteiger partial charge in [-0.3, -0.25) is 4.79 Å². The van der Waals surface area contributed by atoms with Crippen LogP contribution in [0.25, 0.3) is 0 Å². The first-order valence-corrected chi connectivity index (χ1v) is 7.14. The summed E-state index contributed by atoms with van der Waals surface area (Å²) in [7, 11) is 0. The van der Waals surface area contributed by atoms with Gasteiger partial charge in [-0.15, -0.1) is 0 Å². The zero-order chi connectivity index (χ0) is 12.7. The monoisotopic (exact) mass is 241 g/mol. The van der Waals surface area contributed by atoms with E-state index in [-0.39, 0.29) is 5.92 Å². The van der Waals surface area contributed by atoms with Gasteiger partial charge < -0.3 is 10.0 Å². The van der Waals surface area contributed by atoms with Crippen molar-refractivity contribution in [3.8, 4) is 0 Å². The van der Waals surface area contributed by atoms with Crippen molar-refractivity contribution in [1.29, 1.82) is 0 Å². The number of rotatable bonds is 7. The topological polar surface area (TPSA) is 40.5 Å². The quantitative estimate of drug-likeness (QED) is 0.745. The van der Waals surface area contributed by atoms with E-state index in [1.54, 1.807) is 0 Å². The molecule has 0 spiro atoms. The molecule has 0 aromatic carbocycles. The highest BCUT2D eigenvalue weighted by atomic mass is 16.4. The van der Waals surface area contributed by atoms with E-state index in [4.69, 9.17) is 0 Å². The molecule has 0 radical (unpaired) electrons. The molecule has 1 N–H and O–H groups in total. The van der Waals surface area contributed by atoms with Crippen molar-refractivity contribution >= 4 is 5.97 Å². The van der Waals surface area contributed by atoms with Crippen LogP contribution in [0.2, 0.25) is 0 Å². The first kappa shape index (κ1) is 14.5. The zero-order valence-corrected chi connectivity index (χ0v) is 11.3. The third-order valence-corrected chi connectivity index (χ3v) is 3.93. The van der Waals surface area contributed by atoms with E-state index in [9.17, 15) is 9.90 Å². The highest BCUT2D eigenvalue weighted by Crippen LogP contribution is 2.29. The van der Waals surface area contributed by atoms with Gasteiger partial charge >= 0.3 is 5.97 Å². The number of carboxylic acid groups (broad SMARTS) is 1. The van der Waals surface area contributed by atoms with Crippen molar-refractivity contribution in [2.45, 2.75) is 52.4 Å². The van der Waals surface area contributed by atoms with Crippen molar-refractivity contribution in [1.82, 2.24) is 4.90 Å². The van der Waals surface area contributed by atoms with Crippen molar-refractivity contribution < 1.29 is 9.90 Å². The number of nitrogens with zero attached hydrogens (tertiary/aromatic N) is 1. The average molecular weight is 241 g/mol.